The van der Waals surface area contributed by atoms with Crippen LogP contribution in [0.3, 0.4) is 0 Å². The third kappa shape index (κ3) is 4.54. The topological polar surface area (TPSA) is 40.6 Å². The van der Waals surface area contributed by atoms with Gasteiger partial charge in [0, 0.05) is 30.2 Å². The lowest BCUT2D eigenvalue weighted by atomic mass is 10.2. The van der Waals surface area contributed by atoms with Gasteiger partial charge in [0.15, 0.2) is 0 Å². The molecule has 2 aliphatic rings. The van der Waals surface area contributed by atoms with Crippen LogP contribution in [-0.2, 0) is 4.79 Å². The molecular formula is C18H21ClN2O2S2. The molecule has 0 saturated carbocycles. The van der Waals surface area contributed by atoms with Gasteiger partial charge in [0.2, 0.25) is 5.91 Å². The lowest BCUT2D eigenvalue weighted by Gasteiger charge is -2.25. The highest BCUT2D eigenvalue weighted by atomic mass is 35.5. The molecule has 1 aromatic carbocycles. The molecule has 2 saturated heterocycles. The van der Waals surface area contributed by atoms with Crippen LogP contribution in [0.25, 0.3) is 0 Å². The molecule has 2 heterocycles. The first kappa shape index (κ1) is 18.7. The van der Waals surface area contributed by atoms with E-state index in [-0.39, 0.29) is 17.1 Å². The highest BCUT2D eigenvalue weighted by Gasteiger charge is 2.33. The normalized spacial score (nSPS) is 21.3. The number of likely N-dealkylation sites (tertiary alicyclic amines) is 2. The van der Waals surface area contributed by atoms with Gasteiger partial charge in [-0.1, -0.05) is 42.0 Å². The Labute approximate surface area is 162 Å². The van der Waals surface area contributed by atoms with Gasteiger partial charge in [-0.2, -0.15) is 0 Å². The van der Waals surface area contributed by atoms with E-state index < -0.39 is 0 Å². The molecule has 2 fully saturated rings. The number of carbonyl (C=O) groups is 2. The monoisotopic (exact) mass is 396 g/mol. The van der Waals surface area contributed by atoms with Crippen molar-refractivity contribution < 1.29 is 9.59 Å². The number of hydrogen-bond donors (Lipinski definition) is 0. The number of nitrogens with zero attached hydrogens (tertiary/aromatic N) is 2. The summed E-state index contributed by atoms with van der Waals surface area (Å²) in [6.07, 6.45) is 4.83. The predicted octanol–water partition coefficient (Wildman–Crippen LogP) is 3.98. The second-order valence-corrected chi connectivity index (χ2v) is 8.64. The lowest BCUT2D eigenvalue weighted by Crippen LogP contribution is -2.42. The van der Waals surface area contributed by atoms with Crippen molar-refractivity contribution in [2.75, 3.05) is 19.6 Å². The zero-order valence-corrected chi connectivity index (χ0v) is 16.3. The molecule has 0 aromatic heterocycles. The van der Waals surface area contributed by atoms with Crippen LogP contribution in [0.15, 0.2) is 24.3 Å². The Balaban J connectivity index is 1.71. The Morgan fingerprint density at radius 3 is 2.40 bits per heavy atom. The number of imide groups is 1. The first-order valence-electron chi connectivity index (χ1n) is 8.63. The highest BCUT2D eigenvalue weighted by Crippen LogP contribution is 2.28. The molecule has 2 amide bonds. The third-order valence-corrected chi connectivity index (χ3v) is 6.56. The van der Waals surface area contributed by atoms with E-state index in [0.29, 0.717) is 17.1 Å². The maximum absolute atomic E-state index is 13.0. The van der Waals surface area contributed by atoms with Gasteiger partial charge >= 0.3 is 0 Å². The Bertz CT molecular complexity index is 660. The number of halogens is 1. The van der Waals surface area contributed by atoms with Crippen molar-refractivity contribution in [2.24, 2.45) is 0 Å². The quantitative estimate of drug-likeness (QED) is 0.558. The first-order chi connectivity index (χ1) is 12.1. The highest BCUT2D eigenvalue weighted by molar-refractivity contribution is 8.23. The maximum Gasteiger partial charge on any atom is 0.260 e. The molecule has 0 N–H and O–H groups in total. The predicted molar refractivity (Wildman–Crippen MR) is 106 cm³/mol. The molecule has 0 unspecified atom stereocenters. The SMILES string of the molecule is O=C(c1ccc(Cl)cc1)N1CCCC[C@@H](SC(=S)N2CCCC2)C1=O. The molecule has 2 aliphatic heterocycles. The van der Waals surface area contributed by atoms with E-state index in [2.05, 4.69) is 4.90 Å². The number of amides is 2. The van der Waals surface area contributed by atoms with Crippen LogP contribution in [-0.4, -0.2) is 50.8 Å². The van der Waals surface area contributed by atoms with Crippen molar-refractivity contribution in [1.29, 1.82) is 0 Å². The fraction of sp³-hybridized carbons (Fsp3) is 0.500. The average molecular weight is 397 g/mol. The summed E-state index contributed by atoms with van der Waals surface area (Å²) >= 11 is 12.9. The van der Waals surface area contributed by atoms with E-state index in [1.165, 1.54) is 16.7 Å². The second kappa shape index (κ2) is 8.52. The standard InChI is InChI=1S/C18H21ClN2O2S2/c19-14-8-6-13(7-9-14)16(22)21-12-2-1-5-15(17(21)23)25-18(24)20-10-3-4-11-20/h6-9,15H,1-5,10-12H2/t15-/m1/s1. The van der Waals surface area contributed by atoms with E-state index in [1.807, 2.05) is 0 Å². The molecule has 4 nitrogen and oxygen atoms in total. The van der Waals surface area contributed by atoms with Crippen LogP contribution in [0.5, 0.6) is 0 Å². The second-order valence-electron chi connectivity index (χ2n) is 6.36. The van der Waals surface area contributed by atoms with Gasteiger partial charge in [-0.05, 0) is 49.9 Å². The molecule has 1 aromatic rings. The summed E-state index contributed by atoms with van der Waals surface area (Å²) in [6, 6.07) is 6.68. The maximum atomic E-state index is 13.0. The van der Waals surface area contributed by atoms with Crippen LogP contribution >= 0.6 is 35.6 Å². The van der Waals surface area contributed by atoms with Gasteiger partial charge in [0.05, 0.1) is 5.25 Å². The van der Waals surface area contributed by atoms with Crippen molar-refractivity contribution in [3.8, 4) is 0 Å². The van der Waals surface area contributed by atoms with Gasteiger partial charge in [-0.15, -0.1) is 0 Å². The molecular weight excluding hydrogens is 376 g/mol. The number of benzene rings is 1. The summed E-state index contributed by atoms with van der Waals surface area (Å²) in [7, 11) is 0. The molecule has 1 atom stereocenters. The molecule has 0 spiro atoms. The minimum Gasteiger partial charge on any atom is -0.358 e. The summed E-state index contributed by atoms with van der Waals surface area (Å²) in [5, 5.41) is 0.301. The summed E-state index contributed by atoms with van der Waals surface area (Å²) in [6.45, 7) is 2.41. The van der Waals surface area contributed by atoms with E-state index in [9.17, 15) is 9.59 Å². The molecule has 3 rings (SSSR count). The molecule has 25 heavy (non-hydrogen) atoms. The summed E-state index contributed by atoms with van der Waals surface area (Å²) in [5.74, 6) is -0.370. The van der Waals surface area contributed by atoms with Crippen LogP contribution in [0.1, 0.15) is 42.5 Å². The summed E-state index contributed by atoms with van der Waals surface area (Å²) < 4.78 is 0.789. The minimum absolute atomic E-state index is 0.121. The molecule has 7 heteroatoms. The molecule has 0 bridgehead atoms. The molecule has 134 valence electrons. The van der Waals surface area contributed by atoms with Crippen LogP contribution in [0.4, 0.5) is 0 Å². The Morgan fingerprint density at radius 2 is 1.72 bits per heavy atom. The van der Waals surface area contributed by atoms with Crippen molar-refractivity contribution in [1.82, 2.24) is 9.80 Å². The number of hydrogen-bond acceptors (Lipinski definition) is 4. The van der Waals surface area contributed by atoms with Crippen LogP contribution in [0.2, 0.25) is 5.02 Å². The third-order valence-electron chi connectivity index (χ3n) is 4.58. The summed E-state index contributed by atoms with van der Waals surface area (Å²) in [5.41, 5.74) is 0.491. The van der Waals surface area contributed by atoms with Crippen LogP contribution in [0, 0.1) is 0 Å². The molecule has 0 aliphatic carbocycles. The van der Waals surface area contributed by atoms with Crippen LogP contribution < -0.4 is 0 Å². The zero-order chi connectivity index (χ0) is 17.8. The van der Waals surface area contributed by atoms with E-state index in [1.54, 1.807) is 24.3 Å². The van der Waals surface area contributed by atoms with Gasteiger partial charge in [0.1, 0.15) is 4.32 Å². The van der Waals surface area contributed by atoms with E-state index >= 15 is 0 Å². The van der Waals surface area contributed by atoms with Gasteiger partial charge in [-0.25, -0.2) is 0 Å². The smallest absolute Gasteiger partial charge is 0.260 e. The molecule has 0 radical (unpaired) electrons. The van der Waals surface area contributed by atoms with Crippen molar-refractivity contribution >= 4 is 51.7 Å². The first-order valence-corrected chi connectivity index (χ1v) is 10.3. The summed E-state index contributed by atoms with van der Waals surface area (Å²) in [4.78, 5) is 29.3. The van der Waals surface area contributed by atoms with Crippen molar-refractivity contribution in [2.45, 2.75) is 37.4 Å². The van der Waals surface area contributed by atoms with Gasteiger partial charge in [0.25, 0.3) is 5.91 Å². The van der Waals surface area contributed by atoms with Gasteiger partial charge in [-0.3, -0.25) is 14.5 Å². The fourth-order valence-corrected chi connectivity index (χ4v) is 4.91. The Kier molecular flexibility index (Phi) is 6.36. The van der Waals surface area contributed by atoms with E-state index in [4.69, 9.17) is 23.8 Å². The van der Waals surface area contributed by atoms with Crippen molar-refractivity contribution in [3.05, 3.63) is 34.9 Å². The number of thiocarbonyl (C=S) groups is 1. The largest absolute Gasteiger partial charge is 0.358 e. The number of thioether (sulfide) groups is 1. The zero-order valence-electron chi connectivity index (χ0n) is 13.9. The average Bonchev–Trinajstić information content (AvgIpc) is 3.09. The number of carbonyl (C=O) groups excluding carboxylic acids is 2. The van der Waals surface area contributed by atoms with Crippen molar-refractivity contribution in [3.63, 3.8) is 0 Å². The van der Waals surface area contributed by atoms with Gasteiger partial charge < -0.3 is 4.90 Å². The fourth-order valence-electron chi connectivity index (χ4n) is 3.16. The van der Waals surface area contributed by atoms with E-state index in [0.717, 1.165) is 49.5 Å². The minimum atomic E-state index is -0.271. The Hall–Kier alpha value is -1.11. The Morgan fingerprint density at radius 1 is 1.08 bits per heavy atom. The lowest BCUT2D eigenvalue weighted by molar-refractivity contribution is -0.127. The number of rotatable bonds is 2.